The fraction of sp³-hybridized carbons (Fsp3) is 0.154. The lowest BCUT2D eigenvalue weighted by molar-refractivity contribution is -0.120. The van der Waals surface area contributed by atoms with Gasteiger partial charge in [0.15, 0.2) is 0 Å². The first-order chi connectivity index (χ1) is 16.4. The van der Waals surface area contributed by atoms with Crippen LogP contribution in [0, 0.1) is 5.82 Å². The number of nitrogens with one attached hydrogen (secondary N) is 1. The summed E-state index contributed by atoms with van der Waals surface area (Å²) in [5.41, 5.74) is 1.55. The maximum absolute atomic E-state index is 13.5. The molecule has 174 valence electrons. The number of ether oxygens (including phenoxy) is 3. The molecule has 0 saturated carbocycles. The lowest BCUT2D eigenvalue weighted by Crippen LogP contribution is -2.32. The van der Waals surface area contributed by atoms with E-state index in [0.29, 0.717) is 35.1 Å². The summed E-state index contributed by atoms with van der Waals surface area (Å²) in [7, 11) is 3.04. The van der Waals surface area contributed by atoms with Gasteiger partial charge >= 0.3 is 0 Å². The Balaban J connectivity index is 1.80. The predicted molar refractivity (Wildman–Crippen MR) is 127 cm³/mol. The number of benzene rings is 3. The van der Waals surface area contributed by atoms with Gasteiger partial charge in [0.1, 0.15) is 28.8 Å². The van der Waals surface area contributed by atoms with Gasteiger partial charge in [-0.3, -0.25) is 9.59 Å². The Labute approximate surface area is 196 Å². The number of nitrogens with zero attached hydrogens (tertiary/aromatic N) is 1. The van der Waals surface area contributed by atoms with Crippen LogP contribution in [0.2, 0.25) is 0 Å². The van der Waals surface area contributed by atoms with Gasteiger partial charge in [-0.1, -0.05) is 12.1 Å². The molecule has 0 spiro atoms. The molecule has 0 bridgehead atoms. The van der Waals surface area contributed by atoms with Crippen LogP contribution in [-0.4, -0.2) is 32.6 Å². The van der Waals surface area contributed by atoms with E-state index >= 15 is 0 Å². The first kappa shape index (κ1) is 22.8. The number of hydrogen-bond donors (Lipinski definition) is 1. The van der Waals surface area contributed by atoms with E-state index in [1.54, 1.807) is 42.5 Å². The fourth-order valence-corrected chi connectivity index (χ4v) is 3.65. The molecule has 1 aliphatic rings. The van der Waals surface area contributed by atoms with Crippen LogP contribution in [0.3, 0.4) is 0 Å². The SMILES string of the molecule is CCOc1ccc(C2=C(Nc3cc(OC)cc(OC)c3)C(=O)N(c3ccc(F)cc3)C2=O)cc1. The van der Waals surface area contributed by atoms with E-state index in [0.717, 1.165) is 4.90 Å². The van der Waals surface area contributed by atoms with Crippen molar-refractivity contribution in [2.45, 2.75) is 6.92 Å². The molecule has 3 aromatic rings. The molecule has 4 rings (SSSR count). The topological polar surface area (TPSA) is 77.1 Å². The van der Waals surface area contributed by atoms with E-state index < -0.39 is 17.6 Å². The average Bonchev–Trinajstić information content (AvgIpc) is 3.09. The third-order valence-corrected chi connectivity index (χ3v) is 5.24. The Bertz CT molecular complexity index is 1230. The molecule has 0 atom stereocenters. The zero-order chi connectivity index (χ0) is 24.2. The monoisotopic (exact) mass is 462 g/mol. The van der Waals surface area contributed by atoms with Crippen molar-refractivity contribution in [2.75, 3.05) is 31.0 Å². The predicted octanol–water partition coefficient (Wildman–Crippen LogP) is 4.64. The van der Waals surface area contributed by atoms with Crippen molar-refractivity contribution >= 4 is 28.8 Å². The third-order valence-electron chi connectivity index (χ3n) is 5.24. The summed E-state index contributed by atoms with van der Waals surface area (Å²) in [5, 5.41) is 3.07. The fourth-order valence-electron chi connectivity index (χ4n) is 3.65. The van der Waals surface area contributed by atoms with Gasteiger partial charge in [0.05, 0.1) is 32.1 Å². The summed E-state index contributed by atoms with van der Waals surface area (Å²) in [6.45, 7) is 2.38. The number of hydrogen-bond acceptors (Lipinski definition) is 6. The first-order valence-corrected chi connectivity index (χ1v) is 10.6. The van der Waals surface area contributed by atoms with Crippen LogP contribution < -0.4 is 24.4 Å². The van der Waals surface area contributed by atoms with Crippen molar-refractivity contribution in [3.8, 4) is 17.2 Å². The van der Waals surface area contributed by atoms with E-state index in [4.69, 9.17) is 14.2 Å². The highest BCUT2D eigenvalue weighted by molar-refractivity contribution is 6.46. The Hall–Kier alpha value is -4.33. The zero-order valence-corrected chi connectivity index (χ0v) is 18.9. The van der Waals surface area contributed by atoms with E-state index in [2.05, 4.69) is 5.32 Å². The average molecular weight is 462 g/mol. The van der Waals surface area contributed by atoms with Crippen LogP contribution in [0.25, 0.3) is 5.57 Å². The third kappa shape index (κ3) is 4.43. The van der Waals surface area contributed by atoms with Crippen LogP contribution in [-0.2, 0) is 9.59 Å². The molecule has 1 N–H and O–H groups in total. The summed E-state index contributed by atoms with van der Waals surface area (Å²) in [4.78, 5) is 28.0. The van der Waals surface area contributed by atoms with Gasteiger partial charge in [0.25, 0.3) is 11.8 Å². The molecule has 3 aromatic carbocycles. The van der Waals surface area contributed by atoms with Gasteiger partial charge < -0.3 is 19.5 Å². The van der Waals surface area contributed by atoms with Gasteiger partial charge in [0, 0.05) is 23.9 Å². The van der Waals surface area contributed by atoms with Crippen molar-refractivity contribution in [1.29, 1.82) is 0 Å². The molecular formula is C26H23FN2O5. The molecule has 0 aromatic heterocycles. The van der Waals surface area contributed by atoms with Crippen LogP contribution in [0.5, 0.6) is 17.2 Å². The number of methoxy groups -OCH3 is 2. The maximum atomic E-state index is 13.5. The first-order valence-electron chi connectivity index (χ1n) is 10.6. The number of rotatable bonds is 8. The Morgan fingerprint density at radius 3 is 2.00 bits per heavy atom. The highest BCUT2D eigenvalue weighted by Gasteiger charge is 2.40. The van der Waals surface area contributed by atoms with Gasteiger partial charge in [-0.15, -0.1) is 0 Å². The summed E-state index contributed by atoms with van der Waals surface area (Å²) in [5.74, 6) is 0.102. The molecule has 2 amide bonds. The van der Waals surface area contributed by atoms with Gasteiger partial charge in [-0.25, -0.2) is 9.29 Å². The number of amides is 2. The van der Waals surface area contributed by atoms with Crippen molar-refractivity contribution in [1.82, 2.24) is 0 Å². The molecule has 8 heteroatoms. The van der Waals surface area contributed by atoms with Gasteiger partial charge in [0.2, 0.25) is 0 Å². The number of carbonyl (C=O) groups is 2. The summed E-state index contributed by atoms with van der Waals surface area (Å²) >= 11 is 0. The normalized spacial score (nSPS) is 13.4. The van der Waals surface area contributed by atoms with Crippen molar-refractivity contribution < 1.29 is 28.2 Å². The molecule has 7 nitrogen and oxygen atoms in total. The van der Waals surface area contributed by atoms with Crippen LogP contribution in [0.4, 0.5) is 15.8 Å². The molecule has 0 saturated heterocycles. The van der Waals surface area contributed by atoms with Crippen molar-refractivity contribution in [3.05, 3.63) is 83.8 Å². The second-order valence-corrected chi connectivity index (χ2v) is 7.36. The van der Waals surface area contributed by atoms with E-state index in [9.17, 15) is 14.0 Å². The number of carbonyl (C=O) groups excluding carboxylic acids is 2. The van der Waals surface area contributed by atoms with E-state index in [1.807, 2.05) is 6.92 Å². The minimum atomic E-state index is -0.567. The Kier molecular flexibility index (Phi) is 6.49. The van der Waals surface area contributed by atoms with Crippen LogP contribution >= 0.6 is 0 Å². The molecule has 34 heavy (non-hydrogen) atoms. The Morgan fingerprint density at radius 1 is 0.824 bits per heavy atom. The highest BCUT2D eigenvalue weighted by Crippen LogP contribution is 2.35. The highest BCUT2D eigenvalue weighted by atomic mass is 19.1. The summed E-state index contributed by atoms with van der Waals surface area (Å²) in [6, 6.07) is 17.1. The standard InChI is InChI=1S/C26H23FN2O5/c1-4-34-20-11-5-16(6-12-20)23-24(28-18-13-21(32-2)15-22(14-18)33-3)26(31)29(25(23)30)19-9-7-17(27)8-10-19/h5-15,28H,4H2,1-3H3. The maximum Gasteiger partial charge on any atom is 0.282 e. The molecule has 1 aliphatic heterocycles. The molecule has 0 fully saturated rings. The number of anilines is 2. The largest absolute Gasteiger partial charge is 0.497 e. The summed E-state index contributed by atoms with van der Waals surface area (Å²) < 4.78 is 29.6. The smallest absolute Gasteiger partial charge is 0.282 e. The molecule has 0 aliphatic carbocycles. The number of imide groups is 1. The van der Waals surface area contributed by atoms with Crippen molar-refractivity contribution in [3.63, 3.8) is 0 Å². The molecule has 0 unspecified atom stereocenters. The second-order valence-electron chi connectivity index (χ2n) is 7.36. The minimum Gasteiger partial charge on any atom is -0.497 e. The van der Waals surface area contributed by atoms with Gasteiger partial charge in [-0.05, 0) is 48.9 Å². The second kappa shape index (κ2) is 9.66. The van der Waals surface area contributed by atoms with Gasteiger partial charge in [-0.2, -0.15) is 0 Å². The van der Waals surface area contributed by atoms with Crippen LogP contribution in [0.1, 0.15) is 12.5 Å². The lowest BCUT2D eigenvalue weighted by Gasteiger charge is -2.15. The quantitative estimate of drug-likeness (QED) is 0.492. The molecule has 1 heterocycles. The lowest BCUT2D eigenvalue weighted by atomic mass is 10.0. The Morgan fingerprint density at radius 2 is 1.44 bits per heavy atom. The summed E-state index contributed by atoms with van der Waals surface area (Å²) in [6.07, 6.45) is 0. The number of halogens is 1. The minimum absolute atomic E-state index is 0.0776. The van der Waals surface area contributed by atoms with E-state index in [-0.39, 0.29) is 17.0 Å². The van der Waals surface area contributed by atoms with Crippen molar-refractivity contribution in [2.24, 2.45) is 0 Å². The zero-order valence-electron chi connectivity index (χ0n) is 18.9. The van der Waals surface area contributed by atoms with Crippen LogP contribution in [0.15, 0.2) is 72.4 Å². The molecule has 0 radical (unpaired) electrons. The molecular weight excluding hydrogens is 439 g/mol. The van der Waals surface area contributed by atoms with E-state index in [1.165, 1.54) is 38.5 Å².